The van der Waals surface area contributed by atoms with E-state index in [1.54, 1.807) is 0 Å². The molecule has 0 N–H and O–H groups in total. The van der Waals surface area contributed by atoms with E-state index in [0.717, 1.165) is 29.9 Å². The van der Waals surface area contributed by atoms with Crippen molar-refractivity contribution >= 4 is 45.2 Å². The van der Waals surface area contributed by atoms with E-state index in [1.165, 1.54) is 14.4 Å². The molecule has 0 saturated carbocycles. The molecule has 1 fully saturated rings. The standard InChI is InChI=1S/C11H14I2N2/c1-8(11(12)13)10(7-14)9(2)15-5-3-4-6-15/h3-6H2,1-2H3/b10-9+. The van der Waals surface area contributed by atoms with Crippen molar-refractivity contribution in [2.24, 2.45) is 0 Å². The lowest BCUT2D eigenvalue weighted by Crippen LogP contribution is -2.18. The Bertz CT molecular complexity index is 340. The van der Waals surface area contributed by atoms with Gasteiger partial charge in [-0.1, -0.05) is 0 Å². The van der Waals surface area contributed by atoms with Gasteiger partial charge in [-0.25, -0.2) is 0 Å². The summed E-state index contributed by atoms with van der Waals surface area (Å²) >= 11 is 4.53. The van der Waals surface area contributed by atoms with Crippen LogP contribution < -0.4 is 0 Å². The molecule has 0 radical (unpaired) electrons. The van der Waals surface area contributed by atoms with Crippen molar-refractivity contribution in [3.8, 4) is 6.07 Å². The second-order valence-electron chi connectivity index (χ2n) is 3.65. The van der Waals surface area contributed by atoms with Crippen LogP contribution in [-0.4, -0.2) is 18.0 Å². The van der Waals surface area contributed by atoms with Crippen LogP contribution in [0, 0.1) is 11.3 Å². The fraction of sp³-hybridized carbons (Fsp3) is 0.545. The normalized spacial score (nSPS) is 17.1. The molecule has 1 heterocycles. The van der Waals surface area contributed by atoms with Crippen molar-refractivity contribution in [2.75, 3.05) is 13.1 Å². The maximum atomic E-state index is 9.20. The molecule has 4 heteroatoms. The summed E-state index contributed by atoms with van der Waals surface area (Å²) in [6, 6.07) is 2.33. The minimum Gasteiger partial charge on any atom is -0.374 e. The third-order valence-corrected chi connectivity index (χ3v) is 4.33. The minimum absolute atomic E-state index is 0.843. The van der Waals surface area contributed by atoms with Gasteiger partial charge in [0.05, 0.1) is 7.16 Å². The van der Waals surface area contributed by atoms with E-state index in [9.17, 15) is 5.26 Å². The van der Waals surface area contributed by atoms with Crippen molar-refractivity contribution in [1.29, 1.82) is 5.26 Å². The number of hydrogen-bond donors (Lipinski definition) is 0. The number of rotatable bonds is 2. The van der Waals surface area contributed by atoms with Gasteiger partial charge < -0.3 is 4.90 Å². The first-order valence-electron chi connectivity index (χ1n) is 4.96. The van der Waals surface area contributed by atoms with Crippen LogP contribution >= 0.6 is 45.2 Å². The highest BCUT2D eigenvalue weighted by Gasteiger charge is 2.16. The molecule has 1 aliphatic heterocycles. The van der Waals surface area contributed by atoms with Gasteiger partial charge >= 0.3 is 0 Å². The molecule has 0 spiro atoms. The van der Waals surface area contributed by atoms with Gasteiger partial charge in [0, 0.05) is 18.8 Å². The molecule has 2 nitrogen and oxygen atoms in total. The van der Waals surface area contributed by atoms with Gasteiger partial charge in [0.25, 0.3) is 0 Å². The molecule has 0 unspecified atom stereocenters. The third kappa shape index (κ3) is 3.34. The van der Waals surface area contributed by atoms with Gasteiger partial charge in [-0.15, -0.1) is 0 Å². The van der Waals surface area contributed by atoms with Crippen LogP contribution in [0.1, 0.15) is 26.7 Å². The first-order valence-corrected chi connectivity index (χ1v) is 7.12. The summed E-state index contributed by atoms with van der Waals surface area (Å²) in [4.78, 5) is 2.32. The SMILES string of the molecule is CC(=C(I)I)/C(C#N)=C(\C)N1CCCC1. The van der Waals surface area contributed by atoms with Crippen LogP contribution in [0.4, 0.5) is 0 Å². The number of hydrogen-bond acceptors (Lipinski definition) is 2. The van der Waals surface area contributed by atoms with E-state index in [0.29, 0.717) is 0 Å². The Balaban J connectivity index is 3.03. The lowest BCUT2D eigenvalue weighted by molar-refractivity contribution is 0.425. The van der Waals surface area contributed by atoms with E-state index in [-0.39, 0.29) is 0 Å². The van der Waals surface area contributed by atoms with E-state index in [2.05, 4.69) is 63.1 Å². The zero-order valence-electron chi connectivity index (χ0n) is 8.98. The van der Waals surface area contributed by atoms with Crippen LogP contribution in [0.15, 0.2) is 18.4 Å². The summed E-state index contributed by atoms with van der Waals surface area (Å²) < 4.78 is 1.17. The van der Waals surface area contributed by atoms with Crippen LogP contribution in [0.3, 0.4) is 0 Å². The summed E-state index contributed by atoms with van der Waals surface area (Å²) in [7, 11) is 0. The van der Waals surface area contributed by atoms with E-state index >= 15 is 0 Å². The van der Waals surface area contributed by atoms with Gasteiger partial charge in [-0.3, -0.25) is 0 Å². The van der Waals surface area contributed by atoms with Gasteiger partial charge in [0.15, 0.2) is 0 Å². The molecule has 0 aromatic heterocycles. The number of nitriles is 1. The van der Waals surface area contributed by atoms with Crippen LogP contribution in [0.5, 0.6) is 0 Å². The summed E-state index contributed by atoms with van der Waals surface area (Å²) in [6.07, 6.45) is 2.50. The second-order valence-corrected chi connectivity index (χ2v) is 7.87. The topological polar surface area (TPSA) is 27.0 Å². The Morgan fingerprint density at radius 1 is 1.20 bits per heavy atom. The molecule has 15 heavy (non-hydrogen) atoms. The van der Waals surface area contributed by atoms with Gasteiger partial charge in [0.1, 0.15) is 6.07 Å². The van der Waals surface area contributed by atoms with Crippen molar-refractivity contribution in [3.05, 3.63) is 18.4 Å². The Hall–Kier alpha value is 0.230. The van der Waals surface area contributed by atoms with Crippen molar-refractivity contribution in [2.45, 2.75) is 26.7 Å². The summed E-state index contributed by atoms with van der Waals surface area (Å²) in [5.74, 6) is 0. The minimum atomic E-state index is 0.843. The van der Waals surface area contributed by atoms with Gasteiger partial charge in [0.2, 0.25) is 0 Å². The van der Waals surface area contributed by atoms with Crippen LogP contribution in [0.25, 0.3) is 0 Å². The van der Waals surface area contributed by atoms with Crippen LogP contribution in [-0.2, 0) is 0 Å². The molecule has 0 aliphatic carbocycles. The molecule has 1 aliphatic rings. The van der Waals surface area contributed by atoms with Crippen molar-refractivity contribution < 1.29 is 0 Å². The maximum absolute atomic E-state index is 9.20. The first-order chi connectivity index (χ1) is 7.07. The Labute approximate surface area is 119 Å². The molecule has 0 bridgehead atoms. The molecule has 0 atom stereocenters. The molecule has 1 rings (SSSR count). The largest absolute Gasteiger partial charge is 0.374 e. The Morgan fingerprint density at radius 3 is 2.13 bits per heavy atom. The Morgan fingerprint density at radius 2 is 1.73 bits per heavy atom. The average Bonchev–Trinajstić information content (AvgIpc) is 2.71. The quantitative estimate of drug-likeness (QED) is 0.378. The van der Waals surface area contributed by atoms with Gasteiger partial charge in [-0.2, -0.15) is 5.26 Å². The molecule has 0 aromatic carbocycles. The number of allylic oxidation sites excluding steroid dienone is 3. The molecule has 1 saturated heterocycles. The molecule has 0 aromatic rings. The van der Waals surface area contributed by atoms with Crippen molar-refractivity contribution in [3.63, 3.8) is 0 Å². The van der Waals surface area contributed by atoms with Gasteiger partial charge in [-0.05, 0) is 77.4 Å². The first kappa shape index (κ1) is 13.3. The highest BCUT2D eigenvalue weighted by molar-refractivity contribution is 14.2. The maximum Gasteiger partial charge on any atom is 0.101 e. The summed E-state index contributed by atoms with van der Waals surface area (Å²) in [5, 5.41) is 9.20. The van der Waals surface area contributed by atoms with Crippen LogP contribution in [0.2, 0.25) is 0 Å². The number of halogens is 2. The van der Waals surface area contributed by atoms with Crippen molar-refractivity contribution in [1.82, 2.24) is 4.90 Å². The predicted molar refractivity (Wildman–Crippen MR) is 79.9 cm³/mol. The molecule has 0 amide bonds. The fourth-order valence-electron chi connectivity index (χ4n) is 1.74. The van der Waals surface area contributed by atoms with E-state index < -0.39 is 0 Å². The smallest absolute Gasteiger partial charge is 0.101 e. The average molecular weight is 428 g/mol. The fourth-order valence-corrected chi connectivity index (χ4v) is 2.28. The lowest BCUT2D eigenvalue weighted by Gasteiger charge is -2.20. The monoisotopic (exact) mass is 428 g/mol. The highest BCUT2D eigenvalue weighted by Crippen LogP contribution is 2.28. The third-order valence-electron chi connectivity index (χ3n) is 2.71. The summed E-state index contributed by atoms with van der Waals surface area (Å²) in [5.41, 5.74) is 3.08. The molecule has 82 valence electrons. The Kier molecular flexibility index (Phi) is 5.39. The zero-order valence-corrected chi connectivity index (χ0v) is 13.3. The summed E-state index contributed by atoms with van der Waals surface area (Å²) in [6.45, 7) is 6.28. The molecular weight excluding hydrogens is 414 g/mol. The zero-order chi connectivity index (χ0) is 11.4. The lowest BCUT2D eigenvalue weighted by atomic mass is 10.1. The van der Waals surface area contributed by atoms with E-state index in [4.69, 9.17) is 0 Å². The highest BCUT2D eigenvalue weighted by atomic mass is 127. The number of nitrogens with zero attached hydrogens (tertiary/aromatic N) is 2. The molecular formula is C11H14I2N2. The second kappa shape index (κ2) is 6.09. The van der Waals surface area contributed by atoms with E-state index in [1.807, 2.05) is 6.92 Å². The predicted octanol–water partition coefficient (Wildman–Crippen LogP) is 3.98. The number of likely N-dealkylation sites (tertiary alicyclic amines) is 1.